The van der Waals surface area contributed by atoms with Crippen LogP contribution in [0.25, 0.3) is 0 Å². The summed E-state index contributed by atoms with van der Waals surface area (Å²) in [6.45, 7) is 3.79. The Bertz CT molecular complexity index is 535. The van der Waals surface area contributed by atoms with Crippen LogP contribution < -0.4 is 5.32 Å². The molecular formula is C11H14N4O2S. The van der Waals surface area contributed by atoms with E-state index >= 15 is 0 Å². The number of aryl methyl sites for hydroxylation is 1. The van der Waals surface area contributed by atoms with E-state index in [1.165, 1.54) is 18.4 Å². The van der Waals surface area contributed by atoms with Crippen LogP contribution in [0.3, 0.4) is 0 Å². The molecule has 0 saturated heterocycles. The third kappa shape index (κ3) is 2.51. The predicted molar refractivity (Wildman–Crippen MR) is 68.8 cm³/mol. The topological polar surface area (TPSA) is 79.9 Å². The number of anilines is 1. The Morgan fingerprint density at radius 3 is 3.00 bits per heavy atom. The predicted octanol–water partition coefficient (Wildman–Crippen LogP) is 2.13. The van der Waals surface area contributed by atoms with Crippen molar-refractivity contribution < 1.29 is 9.53 Å². The van der Waals surface area contributed by atoms with Crippen LogP contribution in [0.1, 0.15) is 33.9 Å². The van der Waals surface area contributed by atoms with E-state index in [4.69, 9.17) is 4.74 Å². The van der Waals surface area contributed by atoms with Crippen LogP contribution in [0.15, 0.2) is 12.4 Å². The van der Waals surface area contributed by atoms with Gasteiger partial charge in [0.25, 0.3) is 0 Å². The van der Waals surface area contributed by atoms with Crippen molar-refractivity contribution in [2.45, 2.75) is 19.9 Å². The number of hydrogen-bond donors (Lipinski definition) is 2. The van der Waals surface area contributed by atoms with E-state index in [0.717, 1.165) is 5.56 Å². The number of carbonyl (C=O) groups is 1. The van der Waals surface area contributed by atoms with Crippen molar-refractivity contribution in [2.75, 3.05) is 12.4 Å². The average Bonchev–Trinajstić information content (AvgIpc) is 2.97. The van der Waals surface area contributed by atoms with Crippen LogP contribution in [0.5, 0.6) is 0 Å². The van der Waals surface area contributed by atoms with Crippen LogP contribution in [-0.2, 0) is 4.74 Å². The third-order valence-electron chi connectivity index (χ3n) is 2.53. The lowest BCUT2D eigenvalue weighted by Crippen LogP contribution is -2.05. The molecular weight excluding hydrogens is 252 g/mol. The largest absolute Gasteiger partial charge is 0.465 e. The van der Waals surface area contributed by atoms with Crippen molar-refractivity contribution >= 4 is 22.4 Å². The molecule has 2 aromatic rings. The van der Waals surface area contributed by atoms with Gasteiger partial charge in [0.2, 0.25) is 0 Å². The molecule has 6 nitrogen and oxygen atoms in total. The van der Waals surface area contributed by atoms with Crippen molar-refractivity contribution in [3.05, 3.63) is 28.5 Å². The monoisotopic (exact) mass is 266 g/mol. The van der Waals surface area contributed by atoms with Gasteiger partial charge in [-0.05, 0) is 13.8 Å². The van der Waals surface area contributed by atoms with Gasteiger partial charge in [0.1, 0.15) is 4.88 Å². The number of H-pyrrole nitrogens is 1. The molecule has 2 N–H and O–H groups in total. The minimum Gasteiger partial charge on any atom is -0.465 e. The molecule has 0 fully saturated rings. The summed E-state index contributed by atoms with van der Waals surface area (Å²) in [6, 6.07) is 0.0693. The zero-order valence-electron chi connectivity index (χ0n) is 10.4. The Kier molecular flexibility index (Phi) is 3.61. The molecule has 0 aliphatic rings. The summed E-state index contributed by atoms with van der Waals surface area (Å²) in [4.78, 5) is 16.3. The van der Waals surface area contributed by atoms with Crippen molar-refractivity contribution in [3.63, 3.8) is 0 Å². The second-order valence-corrected chi connectivity index (χ2v) is 4.82. The summed E-state index contributed by atoms with van der Waals surface area (Å²) in [5.74, 6) is -0.353. The lowest BCUT2D eigenvalue weighted by Gasteiger charge is -2.09. The number of carbonyl (C=O) groups excluding carboxylic acids is 1. The third-order valence-corrected chi connectivity index (χ3v) is 3.60. The molecule has 2 aromatic heterocycles. The number of nitrogens with zero attached hydrogens (tertiary/aromatic N) is 2. The molecule has 2 rings (SSSR count). The van der Waals surface area contributed by atoms with E-state index in [1.807, 2.05) is 13.1 Å². The lowest BCUT2D eigenvalue weighted by atomic mass is 10.2. The highest BCUT2D eigenvalue weighted by Gasteiger charge is 2.17. The highest BCUT2D eigenvalue weighted by atomic mass is 32.1. The summed E-state index contributed by atoms with van der Waals surface area (Å²) in [5.41, 5.74) is 1.70. The molecule has 0 aliphatic carbocycles. The van der Waals surface area contributed by atoms with Crippen molar-refractivity contribution in [1.29, 1.82) is 0 Å². The molecule has 2 heterocycles. The van der Waals surface area contributed by atoms with E-state index in [1.54, 1.807) is 13.1 Å². The number of hydrogen-bond acceptors (Lipinski definition) is 6. The number of esters is 1. The maximum Gasteiger partial charge on any atom is 0.350 e. The van der Waals surface area contributed by atoms with E-state index in [0.29, 0.717) is 15.7 Å². The zero-order chi connectivity index (χ0) is 13.1. The minimum atomic E-state index is -0.353. The SMILES string of the molecule is COC(=O)c1sc(NC(C)c2cn[nH]c2)nc1C. The Labute approximate surface area is 108 Å². The first-order valence-electron chi connectivity index (χ1n) is 5.42. The van der Waals surface area contributed by atoms with Crippen LogP contribution >= 0.6 is 11.3 Å². The highest BCUT2D eigenvalue weighted by Crippen LogP contribution is 2.26. The standard InChI is InChI=1S/C11H14N4O2S/c1-6(8-4-12-13-5-8)14-11-15-7(2)9(18-11)10(16)17-3/h4-6H,1-3H3,(H,12,13)(H,14,15). The maximum atomic E-state index is 11.5. The first-order chi connectivity index (χ1) is 8.61. The Hall–Kier alpha value is -1.89. The number of aromatic amines is 1. The molecule has 1 unspecified atom stereocenters. The second-order valence-electron chi connectivity index (χ2n) is 3.82. The van der Waals surface area contributed by atoms with Gasteiger partial charge in [0.05, 0.1) is 25.0 Å². The molecule has 1 atom stereocenters. The van der Waals surface area contributed by atoms with E-state index in [-0.39, 0.29) is 12.0 Å². The molecule has 0 aliphatic heterocycles. The molecule has 0 amide bonds. The van der Waals surface area contributed by atoms with Gasteiger partial charge in [-0.1, -0.05) is 11.3 Å². The van der Waals surface area contributed by atoms with Gasteiger partial charge in [-0.15, -0.1) is 0 Å². The van der Waals surface area contributed by atoms with Gasteiger partial charge in [0, 0.05) is 11.8 Å². The van der Waals surface area contributed by atoms with Crippen molar-refractivity contribution in [3.8, 4) is 0 Å². The van der Waals surface area contributed by atoms with E-state index in [9.17, 15) is 4.79 Å². The molecule has 0 radical (unpaired) electrons. The summed E-state index contributed by atoms with van der Waals surface area (Å²) in [6.07, 6.45) is 3.57. The Balaban J connectivity index is 2.13. The lowest BCUT2D eigenvalue weighted by molar-refractivity contribution is 0.0605. The second kappa shape index (κ2) is 5.18. The van der Waals surface area contributed by atoms with E-state index in [2.05, 4.69) is 20.5 Å². The summed E-state index contributed by atoms with van der Waals surface area (Å²) in [5, 5.41) is 10.6. The number of aromatic nitrogens is 3. The maximum absolute atomic E-state index is 11.5. The molecule has 18 heavy (non-hydrogen) atoms. The molecule has 96 valence electrons. The van der Waals surface area contributed by atoms with Crippen LogP contribution in [-0.4, -0.2) is 28.3 Å². The number of methoxy groups -OCH3 is 1. The number of ether oxygens (including phenoxy) is 1. The van der Waals surface area contributed by atoms with Gasteiger partial charge >= 0.3 is 5.97 Å². The van der Waals surface area contributed by atoms with Gasteiger partial charge in [-0.3, -0.25) is 5.10 Å². The van der Waals surface area contributed by atoms with Gasteiger partial charge in [0.15, 0.2) is 5.13 Å². The zero-order valence-corrected chi connectivity index (χ0v) is 11.2. The van der Waals surface area contributed by atoms with Crippen LogP contribution in [0.4, 0.5) is 5.13 Å². The first-order valence-corrected chi connectivity index (χ1v) is 6.24. The molecule has 0 bridgehead atoms. The summed E-state index contributed by atoms with van der Waals surface area (Å²) >= 11 is 1.29. The minimum absolute atomic E-state index is 0.0693. The van der Waals surface area contributed by atoms with Gasteiger partial charge in [-0.25, -0.2) is 9.78 Å². The number of thiazole rings is 1. The summed E-state index contributed by atoms with van der Waals surface area (Å²) in [7, 11) is 1.36. The average molecular weight is 266 g/mol. The number of nitrogens with one attached hydrogen (secondary N) is 2. The fourth-order valence-corrected chi connectivity index (χ4v) is 2.48. The summed E-state index contributed by atoms with van der Waals surface area (Å²) < 4.78 is 4.70. The molecule has 7 heteroatoms. The smallest absolute Gasteiger partial charge is 0.350 e. The highest BCUT2D eigenvalue weighted by molar-refractivity contribution is 7.17. The molecule has 0 saturated carbocycles. The quantitative estimate of drug-likeness (QED) is 0.829. The Morgan fingerprint density at radius 1 is 1.61 bits per heavy atom. The van der Waals surface area contributed by atoms with Crippen LogP contribution in [0, 0.1) is 6.92 Å². The first kappa shape index (κ1) is 12.6. The van der Waals surface area contributed by atoms with Crippen LogP contribution in [0.2, 0.25) is 0 Å². The van der Waals surface area contributed by atoms with Gasteiger partial charge < -0.3 is 10.1 Å². The number of rotatable bonds is 4. The van der Waals surface area contributed by atoms with Gasteiger partial charge in [-0.2, -0.15) is 5.10 Å². The normalized spacial score (nSPS) is 12.2. The molecule has 0 aromatic carbocycles. The fraction of sp³-hybridized carbons (Fsp3) is 0.364. The van der Waals surface area contributed by atoms with Crippen molar-refractivity contribution in [2.24, 2.45) is 0 Å². The fourth-order valence-electron chi connectivity index (χ4n) is 1.51. The Morgan fingerprint density at radius 2 is 2.39 bits per heavy atom. The van der Waals surface area contributed by atoms with Crippen molar-refractivity contribution in [1.82, 2.24) is 15.2 Å². The van der Waals surface area contributed by atoms with E-state index < -0.39 is 0 Å². The molecule has 0 spiro atoms.